The molecule has 0 spiro atoms. The molecule has 0 atom stereocenters. The molecule has 0 radical (unpaired) electrons. The van der Waals surface area contributed by atoms with Crippen LogP contribution in [0.5, 0.6) is 11.5 Å². The Morgan fingerprint density at radius 2 is 1.61 bits per heavy atom. The lowest BCUT2D eigenvalue weighted by molar-refractivity contribution is 0.0988. The molecule has 0 fully saturated rings. The molecule has 1 N–H and O–H groups in total. The number of anilines is 2. The monoisotopic (exact) mass is 508 g/mol. The number of hydrogen-bond acceptors (Lipinski definition) is 4. The molecule has 1 amide bonds. The first-order chi connectivity index (χ1) is 14.8. The van der Waals surface area contributed by atoms with E-state index < -0.39 is 11.7 Å². The Hall–Kier alpha value is -2.77. The zero-order valence-corrected chi connectivity index (χ0v) is 19.9. The molecule has 5 nitrogen and oxygen atoms in total. The smallest absolute Gasteiger partial charge is 0.261 e. The number of rotatable bonds is 5. The number of carbonyl (C=O) groups is 1. The Labute approximate surface area is 194 Å². The number of halogens is 3. The molecule has 0 heterocycles. The van der Waals surface area contributed by atoms with E-state index in [0.717, 1.165) is 17.5 Å². The van der Waals surface area contributed by atoms with Gasteiger partial charge in [-0.3, -0.25) is 4.79 Å². The predicted molar refractivity (Wildman–Crippen MR) is 127 cm³/mol. The van der Waals surface area contributed by atoms with Crippen LogP contribution >= 0.6 is 27.5 Å². The van der Waals surface area contributed by atoms with Gasteiger partial charge in [-0.15, -0.1) is 0 Å². The second-order valence-corrected chi connectivity index (χ2v) is 7.49. The highest BCUT2D eigenvalue weighted by atomic mass is 79.9. The third-order valence-corrected chi connectivity index (χ3v) is 5.56. The second-order valence-electron chi connectivity index (χ2n) is 6.23. The van der Waals surface area contributed by atoms with E-state index in [4.69, 9.17) is 21.1 Å². The van der Waals surface area contributed by atoms with Crippen molar-refractivity contribution in [3.8, 4) is 11.5 Å². The summed E-state index contributed by atoms with van der Waals surface area (Å²) in [7, 11) is 6.60. The number of carbonyl (C=O) groups excluding carboxylic acids is 1. The number of methoxy groups -OCH3 is 2. The molecule has 0 aromatic heterocycles. The van der Waals surface area contributed by atoms with Gasteiger partial charge in [0.05, 0.1) is 36.2 Å². The van der Waals surface area contributed by atoms with Crippen molar-refractivity contribution >= 4 is 44.8 Å². The van der Waals surface area contributed by atoms with Crippen molar-refractivity contribution in [3.05, 3.63) is 81.5 Å². The van der Waals surface area contributed by atoms with Crippen molar-refractivity contribution in [2.45, 2.75) is 0 Å². The topological polar surface area (TPSA) is 50.8 Å². The zero-order valence-electron chi connectivity index (χ0n) is 17.6. The molecule has 3 rings (SSSR count). The summed E-state index contributed by atoms with van der Waals surface area (Å²) in [5.41, 5.74) is 1.50. The van der Waals surface area contributed by atoms with E-state index in [0.29, 0.717) is 15.9 Å². The van der Waals surface area contributed by atoms with Gasteiger partial charge >= 0.3 is 0 Å². The van der Waals surface area contributed by atoms with Crippen molar-refractivity contribution in [1.82, 2.24) is 0 Å². The van der Waals surface area contributed by atoms with E-state index in [1.807, 2.05) is 31.3 Å². The summed E-state index contributed by atoms with van der Waals surface area (Å²) >= 11 is 8.99. The van der Waals surface area contributed by atoms with E-state index in [9.17, 15) is 9.18 Å². The van der Waals surface area contributed by atoms with Gasteiger partial charge < -0.3 is 19.7 Å². The SMILES string of the molecule is CNc1ccccc1OC.COc1ccccc1N(C)C(=O)c1cc(Br)c(Cl)cc1F. The highest BCUT2D eigenvalue weighted by Crippen LogP contribution is 2.30. The lowest BCUT2D eigenvalue weighted by Crippen LogP contribution is -2.27. The summed E-state index contributed by atoms with van der Waals surface area (Å²) in [6.45, 7) is 0. The van der Waals surface area contributed by atoms with Crippen LogP contribution in [0, 0.1) is 5.82 Å². The highest BCUT2D eigenvalue weighted by molar-refractivity contribution is 9.10. The molecule has 3 aromatic carbocycles. The Kier molecular flexibility index (Phi) is 9.15. The van der Waals surface area contributed by atoms with Gasteiger partial charge in [-0.05, 0) is 52.3 Å². The fourth-order valence-electron chi connectivity index (χ4n) is 2.73. The average Bonchev–Trinajstić information content (AvgIpc) is 2.80. The van der Waals surface area contributed by atoms with Crippen LogP contribution in [0.3, 0.4) is 0 Å². The quantitative estimate of drug-likeness (QED) is 0.412. The largest absolute Gasteiger partial charge is 0.495 e. The summed E-state index contributed by atoms with van der Waals surface area (Å²) in [6, 6.07) is 17.3. The first kappa shape index (κ1) is 24.5. The van der Waals surface area contributed by atoms with E-state index in [1.54, 1.807) is 38.4 Å². The number of ether oxygens (including phenoxy) is 2. The van der Waals surface area contributed by atoms with Crippen LogP contribution in [-0.2, 0) is 0 Å². The summed E-state index contributed by atoms with van der Waals surface area (Å²) in [5.74, 6) is 0.246. The molecule has 0 unspecified atom stereocenters. The number of hydrogen-bond donors (Lipinski definition) is 1. The molecule has 164 valence electrons. The van der Waals surface area contributed by atoms with Crippen LogP contribution in [0.15, 0.2) is 65.1 Å². The molecule has 3 aromatic rings. The molecule has 0 saturated heterocycles. The Balaban J connectivity index is 0.000000285. The first-order valence-electron chi connectivity index (χ1n) is 9.20. The van der Waals surface area contributed by atoms with Gasteiger partial charge in [-0.2, -0.15) is 0 Å². The molecular weight excluding hydrogens is 487 g/mol. The van der Waals surface area contributed by atoms with Crippen LogP contribution in [0.2, 0.25) is 5.02 Å². The van der Waals surface area contributed by atoms with Crippen LogP contribution in [0.25, 0.3) is 0 Å². The fourth-order valence-corrected chi connectivity index (χ4v) is 3.23. The molecule has 0 aliphatic rings. The lowest BCUT2D eigenvalue weighted by atomic mass is 10.1. The molecule has 0 bridgehead atoms. The van der Waals surface area contributed by atoms with E-state index in [1.165, 1.54) is 18.1 Å². The van der Waals surface area contributed by atoms with Gasteiger partial charge in [0.25, 0.3) is 5.91 Å². The number of amides is 1. The third kappa shape index (κ3) is 6.12. The standard InChI is InChI=1S/C15H12BrClFNO2.C8H11NO/c1-19(13-5-3-4-6-14(13)21-2)15(20)9-7-10(16)11(17)8-12(9)18;1-9-7-5-3-4-6-8(7)10-2/h3-8H,1-2H3;3-6,9H,1-2H3. The van der Waals surface area contributed by atoms with Crippen molar-refractivity contribution in [2.75, 3.05) is 38.5 Å². The van der Waals surface area contributed by atoms with Crippen LogP contribution in [0.4, 0.5) is 15.8 Å². The van der Waals surface area contributed by atoms with Crippen LogP contribution in [-0.4, -0.2) is 34.2 Å². The maximum atomic E-state index is 14.0. The average molecular weight is 510 g/mol. The van der Waals surface area contributed by atoms with E-state index in [2.05, 4.69) is 21.2 Å². The Morgan fingerprint density at radius 1 is 1.03 bits per heavy atom. The molecule has 8 heteroatoms. The number of benzene rings is 3. The molecular formula is C23H23BrClFN2O3. The lowest BCUT2D eigenvalue weighted by Gasteiger charge is -2.20. The second kappa shape index (κ2) is 11.6. The normalized spacial score (nSPS) is 9.90. The third-order valence-electron chi connectivity index (χ3n) is 4.37. The fraction of sp³-hybridized carbons (Fsp3) is 0.174. The summed E-state index contributed by atoms with van der Waals surface area (Å²) < 4.78 is 24.7. The minimum Gasteiger partial charge on any atom is -0.495 e. The van der Waals surface area contributed by atoms with Crippen molar-refractivity contribution < 1.29 is 18.7 Å². The molecule has 0 aliphatic carbocycles. The molecule has 31 heavy (non-hydrogen) atoms. The van der Waals surface area contributed by atoms with Crippen LogP contribution < -0.4 is 19.7 Å². The minimum atomic E-state index is -0.671. The van der Waals surface area contributed by atoms with Crippen molar-refractivity contribution in [2.24, 2.45) is 0 Å². The van der Waals surface area contributed by atoms with E-state index >= 15 is 0 Å². The number of nitrogens with zero attached hydrogens (tertiary/aromatic N) is 1. The van der Waals surface area contributed by atoms with Crippen LogP contribution in [0.1, 0.15) is 10.4 Å². The van der Waals surface area contributed by atoms with E-state index in [-0.39, 0.29) is 10.6 Å². The molecule has 0 saturated carbocycles. The summed E-state index contributed by atoms with van der Waals surface area (Å²) in [4.78, 5) is 13.8. The highest BCUT2D eigenvalue weighted by Gasteiger charge is 2.21. The van der Waals surface area contributed by atoms with Gasteiger partial charge in [0.2, 0.25) is 0 Å². The number of nitrogens with one attached hydrogen (secondary N) is 1. The van der Waals surface area contributed by atoms with Gasteiger partial charge in [-0.25, -0.2) is 4.39 Å². The Morgan fingerprint density at radius 3 is 2.19 bits per heavy atom. The number of para-hydroxylation sites is 4. The first-order valence-corrected chi connectivity index (χ1v) is 10.4. The van der Waals surface area contributed by atoms with Gasteiger partial charge in [0.15, 0.2) is 0 Å². The zero-order chi connectivity index (χ0) is 23.0. The van der Waals surface area contributed by atoms with Gasteiger partial charge in [-0.1, -0.05) is 35.9 Å². The van der Waals surface area contributed by atoms with Gasteiger partial charge in [0, 0.05) is 18.6 Å². The maximum absolute atomic E-state index is 14.0. The van der Waals surface area contributed by atoms with Crippen molar-refractivity contribution in [1.29, 1.82) is 0 Å². The summed E-state index contributed by atoms with van der Waals surface area (Å²) in [5, 5.41) is 3.23. The van der Waals surface area contributed by atoms with Gasteiger partial charge in [0.1, 0.15) is 17.3 Å². The maximum Gasteiger partial charge on any atom is 0.261 e. The summed E-state index contributed by atoms with van der Waals surface area (Å²) in [6.07, 6.45) is 0. The Bertz CT molecular complexity index is 1030. The minimum absolute atomic E-state index is 0.0697. The van der Waals surface area contributed by atoms with Crippen molar-refractivity contribution in [3.63, 3.8) is 0 Å². The predicted octanol–water partition coefficient (Wildman–Crippen LogP) is 6.26. The molecule has 0 aliphatic heterocycles.